The summed E-state index contributed by atoms with van der Waals surface area (Å²) in [6, 6.07) is 5.86. The Bertz CT molecular complexity index is 339. The van der Waals surface area contributed by atoms with Crippen molar-refractivity contribution in [1.29, 1.82) is 0 Å². The summed E-state index contributed by atoms with van der Waals surface area (Å²) in [4.78, 5) is 0. The van der Waals surface area contributed by atoms with Crippen LogP contribution in [-0.2, 0) is 0 Å². The number of hydrogen-bond donors (Lipinski definition) is 1. The highest BCUT2D eigenvalue weighted by atomic mass is 35.5. The summed E-state index contributed by atoms with van der Waals surface area (Å²) in [5.41, 5.74) is 1.06. The molecule has 1 rings (SSSR count). The van der Waals surface area contributed by atoms with Crippen LogP contribution in [0.25, 0.3) is 0 Å². The third-order valence-electron chi connectivity index (χ3n) is 2.44. The third-order valence-corrected chi connectivity index (χ3v) is 2.74. The first-order valence-electron chi connectivity index (χ1n) is 6.29. The van der Waals surface area contributed by atoms with Gasteiger partial charge in [0.05, 0.1) is 11.6 Å². The number of ether oxygens (including phenoxy) is 1. The van der Waals surface area contributed by atoms with Crippen LogP contribution >= 0.6 is 11.6 Å². The fourth-order valence-electron chi connectivity index (χ4n) is 1.45. The van der Waals surface area contributed by atoms with Gasteiger partial charge in [-0.2, -0.15) is 0 Å². The minimum absolute atomic E-state index is 0.674. The molecule has 0 aliphatic rings. The predicted octanol–water partition coefficient (Wildman–Crippen LogP) is 4.59. The normalized spacial score (nSPS) is 10.6. The highest BCUT2D eigenvalue weighted by molar-refractivity contribution is 6.32. The zero-order chi connectivity index (χ0) is 12.7. The Balaban J connectivity index is 2.50. The Morgan fingerprint density at radius 1 is 1.35 bits per heavy atom. The van der Waals surface area contributed by atoms with Crippen LogP contribution in [0.4, 0.5) is 5.69 Å². The first kappa shape index (κ1) is 14.2. The molecule has 0 heterocycles. The van der Waals surface area contributed by atoms with Gasteiger partial charge >= 0.3 is 0 Å². The van der Waals surface area contributed by atoms with E-state index in [2.05, 4.69) is 26.1 Å². The molecule has 0 saturated heterocycles. The second-order valence-electron chi connectivity index (χ2n) is 4.60. The Morgan fingerprint density at radius 2 is 2.12 bits per heavy atom. The molecule has 96 valence electrons. The summed E-state index contributed by atoms with van der Waals surface area (Å²) < 4.78 is 5.52. The van der Waals surface area contributed by atoms with Crippen molar-refractivity contribution in [2.75, 3.05) is 18.5 Å². The van der Waals surface area contributed by atoms with E-state index in [1.54, 1.807) is 0 Å². The average molecular weight is 256 g/mol. The molecule has 0 aromatic heterocycles. The van der Waals surface area contributed by atoms with Gasteiger partial charge in [0.1, 0.15) is 5.75 Å². The zero-order valence-electron chi connectivity index (χ0n) is 10.9. The molecule has 0 bridgehead atoms. The monoisotopic (exact) mass is 255 g/mol. The molecule has 0 aliphatic carbocycles. The van der Waals surface area contributed by atoms with E-state index in [9.17, 15) is 0 Å². The van der Waals surface area contributed by atoms with Crippen LogP contribution in [0.5, 0.6) is 5.75 Å². The molecule has 0 unspecified atom stereocenters. The van der Waals surface area contributed by atoms with E-state index in [0.717, 1.165) is 30.8 Å². The van der Waals surface area contributed by atoms with Crippen molar-refractivity contribution in [2.24, 2.45) is 5.92 Å². The lowest BCUT2D eigenvalue weighted by molar-refractivity contribution is 0.317. The molecule has 17 heavy (non-hydrogen) atoms. The maximum atomic E-state index is 6.14. The summed E-state index contributed by atoms with van der Waals surface area (Å²) in [6.45, 7) is 8.20. The van der Waals surface area contributed by atoms with Crippen molar-refractivity contribution in [3.05, 3.63) is 23.2 Å². The van der Waals surface area contributed by atoms with Gasteiger partial charge in [-0.1, -0.05) is 32.4 Å². The topological polar surface area (TPSA) is 21.3 Å². The van der Waals surface area contributed by atoms with Gasteiger partial charge in [-0.3, -0.25) is 0 Å². The predicted molar refractivity (Wildman–Crippen MR) is 75.2 cm³/mol. The van der Waals surface area contributed by atoms with E-state index in [0.29, 0.717) is 17.5 Å². The van der Waals surface area contributed by atoms with Crippen LogP contribution in [0.15, 0.2) is 18.2 Å². The van der Waals surface area contributed by atoms with Crippen molar-refractivity contribution in [2.45, 2.75) is 33.6 Å². The number of halogens is 1. The van der Waals surface area contributed by atoms with Crippen LogP contribution in [0, 0.1) is 5.92 Å². The molecular formula is C14H22ClNO. The molecule has 1 N–H and O–H groups in total. The van der Waals surface area contributed by atoms with Crippen molar-refractivity contribution < 1.29 is 4.74 Å². The molecular weight excluding hydrogens is 234 g/mol. The molecule has 0 spiro atoms. The Hall–Kier alpha value is -0.890. The molecule has 1 aromatic carbocycles. The summed E-state index contributed by atoms with van der Waals surface area (Å²) in [7, 11) is 0. The van der Waals surface area contributed by atoms with Crippen LogP contribution < -0.4 is 10.1 Å². The molecule has 1 aromatic rings. The summed E-state index contributed by atoms with van der Waals surface area (Å²) in [6.07, 6.45) is 2.15. The number of rotatable bonds is 7. The first-order valence-corrected chi connectivity index (χ1v) is 6.67. The lowest BCUT2D eigenvalue weighted by atomic mass is 10.1. The average Bonchev–Trinajstić information content (AvgIpc) is 2.27. The van der Waals surface area contributed by atoms with Crippen molar-refractivity contribution >= 4 is 17.3 Å². The first-order chi connectivity index (χ1) is 8.13. The SMILES string of the molecule is CCCOc1ccc(NCCC(C)C)cc1Cl. The van der Waals surface area contributed by atoms with Crippen molar-refractivity contribution in [3.8, 4) is 5.75 Å². The maximum absolute atomic E-state index is 6.14. The quantitative estimate of drug-likeness (QED) is 0.770. The van der Waals surface area contributed by atoms with Gasteiger partial charge in [-0.05, 0) is 37.0 Å². The maximum Gasteiger partial charge on any atom is 0.138 e. The van der Waals surface area contributed by atoms with Gasteiger partial charge in [0.2, 0.25) is 0 Å². The van der Waals surface area contributed by atoms with E-state index < -0.39 is 0 Å². The standard InChI is InChI=1S/C14H22ClNO/c1-4-9-17-14-6-5-12(10-13(14)15)16-8-7-11(2)3/h5-6,10-11,16H,4,7-9H2,1-3H3. The third kappa shape index (κ3) is 5.31. The Morgan fingerprint density at radius 3 is 2.71 bits per heavy atom. The van der Waals surface area contributed by atoms with E-state index >= 15 is 0 Å². The molecule has 0 fully saturated rings. The van der Waals surface area contributed by atoms with Gasteiger partial charge in [0.25, 0.3) is 0 Å². The highest BCUT2D eigenvalue weighted by Crippen LogP contribution is 2.27. The lowest BCUT2D eigenvalue weighted by Crippen LogP contribution is -2.04. The fourth-order valence-corrected chi connectivity index (χ4v) is 1.68. The second kappa shape index (κ2) is 7.44. The largest absolute Gasteiger partial charge is 0.492 e. The smallest absolute Gasteiger partial charge is 0.138 e. The number of hydrogen-bond acceptors (Lipinski definition) is 2. The van der Waals surface area contributed by atoms with E-state index in [4.69, 9.17) is 16.3 Å². The van der Waals surface area contributed by atoms with Crippen molar-refractivity contribution in [1.82, 2.24) is 0 Å². The molecule has 0 atom stereocenters. The van der Waals surface area contributed by atoms with Gasteiger partial charge in [0.15, 0.2) is 0 Å². The minimum Gasteiger partial charge on any atom is -0.492 e. The summed E-state index contributed by atoms with van der Waals surface area (Å²) in [5, 5.41) is 4.03. The summed E-state index contributed by atoms with van der Waals surface area (Å²) in [5.74, 6) is 1.48. The van der Waals surface area contributed by atoms with Crippen molar-refractivity contribution in [3.63, 3.8) is 0 Å². The van der Waals surface area contributed by atoms with Crippen LogP contribution in [0.3, 0.4) is 0 Å². The van der Waals surface area contributed by atoms with E-state index in [1.807, 2.05) is 18.2 Å². The minimum atomic E-state index is 0.674. The Labute approximate surface area is 109 Å². The molecule has 0 radical (unpaired) electrons. The fraction of sp³-hybridized carbons (Fsp3) is 0.571. The zero-order valence-corrected chi connectivity index (χ0v) is 11.7. The van der Waals surface area contributed by atoms with Gasteiger partial charge in [0, 0.05) is 12.2 Å². The molecule has 0 amide bonds. The summed E-state index contributed by atoms with van der Waals surface area (Å²) >= 11 is 6.14. The molecule has 2 nitrogen and oxygen atoms in total. The van der Waals surface area contributed by atoms with E-state index in [1.165, 1.54) is 0 Å². The molecule has 3 heteroatoms. The van der Waals surface area contributed by atoms with Crippen LogP contribution in [-0.4, -0.2) is 13.2 Å². The lowest BCUT2D eigenvalue weighted by Gasteiger charge is -2.11. The molecule has 0 saturated carbocycles. The second-order valence-corrected chi connectivity index (χ2v) is 5.01. The Kier molecular flexibility index (Phi) is 6.20. The molecule has 0 aliphatic heterocycles. The van der Waals surface area contributed by atoms with Gasteiger partial charge in [-0.15, -0.1) is 0 Å². The van der Waals surface area contributed by atoms with Crippen LogP contribution in [0.2, 0.25) is 5.02 Å². The number of benzene rings is 1. The van der Waals surface area contributed by atoms with Gasteiger partial charge < -0.3 is 10.1 Å². The number of nitrogens with one attached hydrogen (secondary N) is 1. The highest BCUT2D eigenvalue weighted by Gasteiger charge is 2.02. The van der Waals surface area contributed by atoms with Gasteiger partial charge in [-0.25, -0.2) is 0 Å². The van der Waals surface area contributed by atoms with E-state index in [-0.39, 0.29) is 0 Å². The number of anilines is 1. The van der Waals surface area contributed by atoms with Crippen LogP contribution in [0.1, 0.15) is 33.6 Å².